The van der Waals surface area contributed by atoms with Crippen molar-refractivity contribution in [2.24, 2.45) is 5.92 Å². The van der Waals surface area contributed by atoms with E-state index in [0.29, 0.717) is 17.5 Å². The third-order valence-corrected chi connectivity index (χ3v) is 5.83. The summed E-state index contributed by atoms with van der Waals surface area (Å²) in [5.41, 5.74) is 5.96. The molecule has 0 atom stereocenters. The third kappa shape index (κ3) is 3.22. The van der Waals surface area contributed by atoms with Gasteiger partial charge in [0.25, 0.3) is 0 Å². The molecule has 0 amide bonds. The van der Waals surface area contributed by atoms with Crippen molar-refractivity contribution in [1.82, 2.24) is 4.31 Å². The van der Waals surface area contributed by atoms with Gasteiger partial charge >= 0.3 is 0 Å². The predicted molar refractivity (Wildman–Crippen MR) is 77.6 cm³/mol. The topological polar surface area (TPSA) is 63.4 Å². The number of nitrogens with zero attached hydrogens (tertiary/aromatic N) is 1. The van der Waals surface area contributed by atoms with Crippen molar-refractivity contribution in [1.29, 1.82) is 0 Å². The summed E-state index contributed by atoms with van der Waals surface area (Å²) in [5.74, 6) is 0.476. The van der Waals surface area contributed by atoms with Crippen molar-refractivity contribution in [3.63, 3.8) is 0 Å². The molecule has 0 aromatic heterocycles. The number of halogens is 1. The molecule has 6 heteroatoms. The fraction of sp³-hybridized carbons (Fsp3) is 0.538. The molecule has 0 saturated heterocycles. The molecule has 0 heterocycles. The van der Waals surface area contributed by atoms with Crippen molar-refractivity contribution in [3.8, 4) is 0 Å². The second-order valence-corrected chi connectivity index (χ2v) is 7.57. The molecule has 19 heavy (non-hydrogen) atoms. The van der Waals surface area contributed by atoms with E-state index in [4.69, 9.17) is 17.3 Å². The molecule has 1 saturated carbocycles. The summed E-state index contributed by atoms with van der Waals surface area (Å²) >= 11 is 5.81. The monoisotopic (exact) mass is 302 g/mol. The molecule has 0 radical (unpaired) electrons. The summed E-state index contributed by atoms with van der Waals surface area (Å²) in [4.78, 5) is 0.204. The Kier molecular flexibility index (Phi) is 4.38. The minimum absolute atomic E-state index is 0.204. The summed E-state index contributed by atoms with van der Waals surface area (Å²) in [6.07, 6.45) is 4.63. The van der Waals surface area contributed by atoms with Crippen LogP contribution in [0.4, 0.5) is 5.69 Å². The Bertz CT molecular complexity index is 554. The molecule has 1 aliphatic carbocycles. The molecular formula is C13H19ClN2O2S. The van der Waals surface area contributed by atoms with Gasteiger partial charge in [-0.3, -0.25) is 0 Å². The van der Waals surface area contributed by atoms with Crippen LogP contribution in [0.25, 0.3) is 0 Å². The molecule has 4 nitrogen and oxygen atoms in total. The maximum atomic E-state index is 12.4. The van der Waals surface area contributed by atoms with Crippen molar-refractivity contribution < 1.29 is 8.42 Å². The van der Waals surface area contributed by atoms with Crippen molar-refractivity contribution in [2.45, 2.75) is 30.6 Å². The van der Waals surface area contributed by atoms with Crippen LogP contribution in [-0.4, -0.2) is 26.3 Å². The normalized spacial score (nSPS) is 17.2. The van der Waals surface area contributed by atoms with E-state index < -0.39 is 10.0 Å². The van der Waals surface area contributed by atoms with Crippen LogP contribution in [0.1, 0.15) is 25.7 Å². The number of rotatable bonds is 4. The summed E-state index contributed by atoms with van der Waals surface area (Å²) in [5, 5.41) is 0.373. The number of hydrogen-bond donors (Lipinski definition) is 1. The minimum Gasteiger partial charge on any atom is -0.397 e. The van der Waals surface area contributed by atoms with Crippen LogP contribution in [0.2, 0.25) is 5.02 Å². The lowest BCUT2D eigenvalue weighted by Gasteiger charge is -2.21. The Morgan fingerprint density at radius 1 is 1.37 bits per heavy atom. The maximum Gasteiger partial charge on any atom is 0.242 e. The van der Waals surface area contributed by atoms with E-state index in [1.807, 2.05) is 0 Å². The van der Waals surface area contributed by atoms with Crippen LogP contribution in [0.3, 0.4) is 0 Å². The smallest absolute Gasteiger partial charge is 0.242 e. The molecule has 0 spiro atoms. The van der Waals surface area contributed by atoms with Gasteiger partial charge in [0, 0.05) is 13.6 Å². The van der Waals surface area contributed by atoms with Crippen LogP contribution in [0, 0.1) is 5.92 Å². The van der Waals surface area contributed by atoms with Gasteiger partial charge in [-0.15, -0.1) is 0 Å². The first-order valence-electron chi connectivity index (χ1n) is 6.42. The molecule has 1 aliphatic rings. The minimum atomic E-state index is -3.47. The SMILES string of the molecule is CN(CC1CCCC1)S(=O)(=O)c1ccc(Cl)c(N)c1. The van der Waals surface area contributed by atoms with Gasteiger partial charge in [-0.2, -0.15) is 0 Å². The number of sulfonamides is 1. The Hall–Kier alpha value is -0.780. The molecule has 0 aliphatic heterocycles. The van der Waals surface area contributed by atoms with Gasteiger partial charge in [-0.25, -0.2) is 12.7 Å². The van der Waals surface area contributed by atoms with Crippen LogP contribution in [0.5, 0.6) is 0 Å². The highest BCUT2D eigenvalue weighted by Crippen LogP contribution is 2.28. The lowest BCUT2D eigenvalue weighted by Crippen LogP contribution is -2.31. The molecule has 2 N–H and O–H groups in total. The number of nitrogens with two attached hydrogens (primary N) is 1. The van der Waals surface area contributed by atoms with Gasteiger partial charge in [-0.1, -0.05) is 24.4 Å². The highest BCUT2D eigenvalue weighted by Gasteiger charge is 2.25. The van der Waals surface area contributed by atoms with Gasteiger partial charge in [0.15, 0.2) is 0 Å². The lowest BCUT2D eigenvalue weighted by molar-refractivity contribution is 0.387. The highest BCUT2D eigenvalue weighted by atomic mass is 35.5. The first kappa shape index (κ1) is 14.6. The van der Waals surface area contributed by atoms with Crippen LogP contribution in [0.15, 0.2) is 23.1 Å². The second kappa shape index (κ2) is 5.69. The molecule has 0 unspecified atom stereocenters. The number of anilines is 1. The molecular weight excluding hydrogens is 284 g/mol. The Morgan fingerprint density at radius 3 is 2.58 bits per heavy atom. The molecule has 2 rings (SSSR count). The Balaban J connectivity index is 2.18. The van der Waals surface area contributed by atoms with Gasteiger partial charge in [0.1, 0.15) is 0 Å². The maximum absolute atomic E-state index is 12.4. The Morgan fingerprint density at radius 2 is 2.00 bits per heavy atom. The number of hydrogen-bond acceptors (Lipinski definition) is 3. The number of benzene rings is 1. The average Bonchev–Trinajstić information content (AvgIpc) is 2.85. The van der Waals surface area contributed by atoms with E-state index in [-0.39, 0.29) is 10.6 Å². The highest BCUT2D eigenvalue weighted by molar-refractivity contribution is 7.89. The van der Waals surface area contributed by atoms with Crippen LogP contribution >= 0.6 is 11.6 Å². The number of nitrogen functional groups attached to an aromatic ring is 1. The van der Waals surface area contributed by atoms with E-state index in [0.717, 1.165) is 12.8 Å². The van der Waals surface area contributed by atoms with E-state index in [2.05, 4.69) is 0 Å². The first-order valence-corrected chi connectivity index (χ1v) is 8.24. The van der Waals surface area contributed by atoms with E-state index >= 15 is 0 Å². The summed E-state index contributed by atoms with van der Waals surface area (Å²) in [6, 6.07) is 4.44. The Labute approximate surface area is 119 Å². The fourth-order valence-electron chi connectivity index (χ4n) is 2.52. The zero-order valence-corrected chi connectivity index (χ0v) is 12.5. The van der Waals surface area contributed by atoms with E-state index in [1.165, 1.54) is 35.3 Å². The summed E-state index contributed by atoms with van der Waals surface area (Å²) < 4.78 is 26.2. The van der Waals surface area contributed by atoms with Crippen LogP contribution in [-0.2, 0) is 10.0 Å². The van der Waals surface area contributed by atoms with Crippen molar-refractivity contribution >= 4 is 27.3 Å². The van der Waals surface area contributed by atoms with Gasteiger partial charge < -0.3 is 5.73 Å². The molecule has 1 aromatic carbocycles. The third-order valence-electron chi connectivity index (χ3n) is 3.67. The predicted octanol–water partition coefficient (Wildman–Crippen LogP) is 2.73. The van der Waals surface area contributed by atoms with E-state index in [1.54, 1.807) is 7.05 Å². The average molecular weight is 303 g/mol. The van der Waals surface area contributed by atoms with Gasteiger partial charge in [0.2, 0.25) is 10.0 Å². The fourth-order valence-corrected chi connectivity index (χ4v) is 3.92. The zero-order valence-electron chi connectivity index (χ0n) is 11.0. The van der Waals surface area contributed by atoms with Crippen molar-refractivity contribution in [2.75, 3.05) is 19.3 Å². The second-order valence-electron chi connectivity index (χ2n) is 5.12. The van der Waals surface area contributed by atoms with Gasteiger partial charge in [-0.05, 0) is 37.0 Å². The van der Waals surface area contributed by atoms with E-state index in [9.17, 15) is 8.42 Å². The molecule has 1 fully saturated rings. The molecule has 106 valence electrons. The standard InChI is InChI=1S/C13H19ClN2O2S/c1-16(9-10-4-2-3-5-10)19(17,18)11-6-7-12(14)13(15)8-11/h6-8,10H,2-5,9,15H2,1H3. The largest absolute Gasteiger partial charge is 0.397 e. The molecule has 1 aromatic rings. The van der Waals surface area contributed by atoms with Crippen LogP contribution < -0.4 is 5.73 Å². The summed E-state index contributed by atoms with van der Waals surface area (Å²) in [7, 11) is -1.85. The van der Waals surface area contributed by atoms with Crippen molar-refractivity contribution in [3.05, 3.63) is 23.2 Å². The first-order chi connectivity index (χ1) is 8.91. The van der Waals surface area contributed by atoms with Gasteiger partial charge in [0.05, 0.1) is 15.6 Å². The lowest BCUT2D eigenvalue weighted by atomic mass is 10.1. The molecule has 0 bridgehead atoms. The summed E-state index contributed by atoms with van der Waals surface area (Å²) in [6.45, 7) is 0.574. The quantitative estimate of drug-likeness (QED) is 0.870. The zero-order chi connectivity index (χ0) is 14.0.